The van der Waals surface area contributed by atoms with E-state index in [1.165, 1.54) is 50.5 Å². The van der Waals surface area contributed by atoms with Gasteiger partial charge in [0.05, 0.1) is 5.41 Å². The van der Waals surface area contributed by atoms with Crippen molar-refractivity contribution in [2.24, 2.45) is 11.3 Å². The van der Waals surface area contributed by atoms with E-state index in [1.807, 2.05) is 12.4 Å². The molecule has 0 radical (unpaired) electrons. The minimum absolute atomic E-state index is 0.0994. The van der Waals surface area contributed by atoms with Crippen LogP contribution in [0.4, 0.5) is 0 Å². The predicted molar refractivity (Wildman–Crippen MR) is 104 cm³/mol. The molecular weight excluding hydrogens is 322 g/mol. The smallest absolute Gasteiger partial charge is 0.230 e. The minimum Gasteiger partial charge on any atom is -0.342 e. The van der Waals surface area contributed by atoms with Gasteiger partial charge in [-0.05, 0) is 55.8 Å². The van der Waals surface area contributed by atoms with Gasteiger partial charge in [0.25, 0.3) is 0 Å². The first-order valence-electron chi connectivity index (χ1n) is 10.7. The Hall–Kier alpha value is -1.42. The Morgan fingerprint density at radius 2 is 1.85 bits per heavy atom. The second-order valence-corrected chi connectivity index (χ2v) is 8.78. The van der Waals surface area contributed by atoms with Crippen molar-refractivity contribution in [3.05, 3.63) is 30.1 Å². The van der Waals surface area contributed by atoms with Crippen LogP contribution in [0.15, 0.2) is 24.5 Å². The van der Waals surface area contributed by atoms with Gasteiger partial charge in [-0.3, -0.25) is 14.7 Å². The Balaban J connectivity index is 1.33. The number of amides is 1. The van der Waals surface area contributed by atoms with Gasteiger partial charge in [-0.25, -0.2) is 0 Å². The third kappa shape index (κ3) is 3.95. The molecule has 3 heterocycles. The molecule has 4 heteroatoms. The molecule has 142 valence electrons. The van der Waals surface area contributed by atoms with E-state index in [0.29, 0.717) is 5.91 Å². The highest BCUT2D eigenvalue weighted by atomic mass is 16.2. The molecule has 0 N–H and O–H groups in total. The van der Waals surface area contributed by atoms with Crippen molar-refractivity contribution in [2.75, 3.05) is 26.2 Å². The molecule has 26 heavy (non-hydrogen) atoms. The topological polar surface area (TPSA) is 36.4 Å². The first-order chi connectivity index (χ1) is 12.8. The summed E-state index contributed by atoms with van der Waals surface area (Å²) in [5, 5.41) is 0. The number of rotatable bonds is 5. The van der Waals surface area contributed by atoms with E-state index in [0.717, 1.165) is 51.5 Å². The van der Waals surface area contributed by atoms with Crippen molar-refractivity contribution < 1.29 is 4.79 Å². The Kier molecular flexibility index (Phi) is 5.58. The predicted octanol–water partition coefficient (Wildman–Crippen LogP) is 3.87. The average Bonchev–Trinajstić information content (AvgIpc) is 3.08. The van der Waals surface area contributed by atoms with Gasteiger partial charge in [0.1, 0.15) is 0 Å². The molecule has 1 saturated carbocycles. The molecule has 2 aliphatic heterocycles. The van der Waals surface area contributed by atoms with Gasteiger partial charge >= 0.3 is 0 Å². The van der Waals surface area contributed by atoms with Crippen LogP contribution in [0.1, 0.15) is 63.4 Å². The Labute approximate surface area is 158 Å². The molecular formula is C22H33N3O. The minimum atomic E-state index is -0.0994. The van der Waals surface area contributed by atoms with Crippen molar-refractivity contribution in [3.8, 4) is 0 Å². The summed E-state index contributed by atoms with van der Waals surface area (Å²) >= 11 is 0. The number of carbonyl (C=O) groups excluding carboxylic acids is 1. The van der Waals surface area contributed by atoms with Gasteiger partial charge in [-0.2, -0.15) is 0 Å². The number of hydrogen-bond acceptors (Lipinski definition) is 3. The van der Waals surface area contributed by atoms with Gasteiger partial charge in [-0.15, -0.1) is 0 Å². The van der Waals surface area contributed by atoms with E-state index in [1.54, 1.807) is 0 Å². The van der Waals surface area contributed by atoms with Crippen LogP contribution in [0, 0.1) is 11.3 Å². The van der Waals surface area contributed by atoms with E-state index in [4.69, 9.17) is 0 Å². The quantitative estimate of drug-likeness (QED) is 0.804. The van der Waals surface area contributed by atoms with Crippen LogP contribution in [0.5, 0.6) is 0 Å². The first-order valence-corrected chi connectivity index (χ1v) is 10.7. The number of carbonyl (C=O) groups is 1. The standard InChI is InChI=1S/C22H33N3O/c26-21-22(11-16-24(18-22)17-20-7-12-23-13-8-20)10-4-14-25(21)15-9-19-5-2-1-3-6-19/h7-8,12-13,19H,1-6,9-11,14-18H2. The first kappa shape index (κ1) is 18.0. The van der Waals surface area contributed by atoms with Gasteiger partial charge in [0.2, 0.25) is 5.91 Å². The molecule has 1 atom stereocenters. The molecule has 1 aromatic heterocycles. The lowest BCUT2D eigenvalue weighted by Gasteiger charge is -2.40. The summed E-state index contributed by atoms with van der Waals surface area (Å²) in [5.74, 6) is 1.32. The zero-order valence-electron chi connectivity index (χ0n) is 16.0. The monoisotopic (exact) mass is 355 g/mol. The highest BCUT2D eigenvalue weighted by Gasteiger charge is 2.48. The SMILES string of the molecule is O=C1N(CCC2CCCCC2)CCCC12CCN(Cc1ccncc1)C2. The number of piperidine rings is 1. The molecule has 1 unspecified atom stereocenters. The number of hydrogen-bond donors (Lipinski definition) is 0. The zero-order chi connectivity index (χ0) is 17.8. The molecule has 1 aliphatic carbocycles. The van der Waals surface area contributed by atoms with Crippen molar-refractivity contribution in [1.29, 1.82) is 0 Å². The number of nitrogens with zero attached hydrogens (tertiary/aromatic N) is 3. The summed E-state index contributed by atoms with van der Waals surface area (Å²) in [7, 11) is 0. The summed E-state index contributed by atoms with van der Waals surface area (Å²) in [5.41, 5.74) is 1.20. The normalized spacial score (nSPS) is 28.2. The van der Waals surface area contributed by atoms with Crippen LogP contribution < -0.4 is 0 Å². The summed E-state index contributed by atoms with van der Waals surface area (Å²) in [4.78, 5) is 22.1. The summed E-state index contributed by atoms with van der Waals surface area (Å²) in [6.07, 6.45) is 15.2. The second kappa shape index (κ2) is 8.08. The molecule has 1 spiro atoms. The number of aromatic nitrogens is 1. The Morgan fingerprint density at radius 3 is 2.65 bits per heavy atom. The van der Waals surface area contributed by atoms with E-state index in [2.05, 4.69) is 26.9 Å². The number of pyridine rings is 1. The maximum Gasteiger partial charge on any atom is 0.230 e. The van der Waals surface area contributed by atoms with E-state index < -0.39 is 0 Å². The molecule has 4 rings (SSSR count). The molecule has 3 fully saturated rings. The molecule has 2 saturated heterocycles. The Bertz CT molecular complexity index is 599. The van der Waals surface area contributed by atoms with Crippen LogP contribution in [0.2, 0.25) is 0 Å². The van der Waals surface area contributed by atoms with E-state index in [-0.39, 0.29) is 5.41 Å². The molecule has 4 nitrogen and oxygen atoms in total. The van der Waals surface area contributed by atoms with Crippen molar-refractivity contribution in [2.45, 2.75) is 64.3 Å². The van der Waals surface area contributed by atoms with Crippen LogP contribution in [0.3, 0.4) is 0 Å². The fraction of sp³-hybridized carbons (Fsp3) is 0.727. The third-order valence-corrected chi connectivity index (χ3v) is 6.94. The molecule has 1 amide bonds. The lowest BCUT2D eigenvalue weighted by atomic mass is 9.78. The highest BCUT2D eigenvalue weighted by molar-refractivity contribution is 5.84. The number of likely N-dealkylation sites (tertiary alicyclic amines) is 2. The Morgan fingerprint density at radius 1 is 1.04 bits per heavy atom. The van der Waals surface area contributed by atoms with Crippen molar-refractivity contribution in [3.63, 3.8) is 0 Å². The fourth-order valence-corrected chi connectivity index (χ4v) is 5.40. The van der Waals surface area contributed by atoms with Gasteiger partial charge in [0.15, 0.2) is 0 Å². The van der Waals surface area contributed by atoms with Crippen LogP contribution >= 0.6 is 0 Å². The summed E-state index contributed by atoms with van der Waals surface area (Å²) < 4.78 is 0. The lowest BCUT2D eigenvalue weighted by Crippen LogP contribution is -2.50. The molecule has 1 aromatic rings. The maximum atomic E-state index is 13.3. The largest absolute Gasteiger partial charge is 0.342 e. The van der Waals surface area contributed by atoms with Crippen molar-refractivity contribution >= 4 is 5.91 Å². The summed E-state index contributed by atoms with van der Waals surface area (Å²) in [6.45, 7) is 4.91. The maximum absolute atomic E-state index is 13.3. The highest BCUT2D eigenvalue weighted by Crippen LogP contribution is 2.41. The summed E-state index contributed by atoms with van der Waals surface area (Å²) in [6, 6.07) is 4.17. The van der Waals surface area contributed by atoms with Gasteiger partial charge in [-0.1, -0.05) is 32.1 Å². The lowest BCUT2D eigenvalue weighted by molar-refractivity contribution is -0.145. The van der Waals surface area contributed by atoms with Crippen LogP contribution in [-0.2, 0) is 11.3 Å². The van der Waals surface area contributed by atoms with Crippen LogP contribution in [0.25, 0.3) is 0 Å². The van der Waals surface area contributed by atoms with E-state index >= 15 is 0 Å². The van der Waals surface area contributed by atoms with Crippen LogP contribution in [-0.4, -0.2) is 46.9 Å². The third-order valence-electron chi connectivity index (χ3n) is 6.94. The fourth-order valence-electron chi connectivity index (χ4n) is 5.40. The van der Waals surface area contributed by atoms with Gasteiger partial charge < -0.3 is 4.90 Å². The zero-order valence-corrected chi connectivity index (χ0v) is 16.0. The molecule has 3 aliphatic rings. The molecule has 0 bridgehead atoms. The van der Waals surface area contributed by atoms with Crippen molar-refractivity contribution in [1.82, 2.24) is 14.8 Å². The molecule has 0 aromatic carbocycles. The average molecular weight is 356 g/mol. The second-order valence-electron chi connectivity index (χ2n) is 8.78. The van der Waals surface area contributed by atoms with Gasteiger partial charge in [0, 0.05) is 38.6 Å². The van der Waals surface area contributed by atoms with E-state index in [9.17, 15) is 4.79 Å².